The summed E-state index contributed by atoms with van der Waals surface area (Å²) in [5, 5.41) is 4.28. The fraction of sp³-hybridized carbons (Fsp3) is 0.273. The highest BCUT2D eigenvalue weighted by Gasteiger charge is 2.08. The summed E-state index contributed by atoms with van der Waals surface area (Å²) in [4.78, 5) is 4.28. The van der Waals surface area contributed by atoms with Crippen LogP contribution in [0.25, 0.3) is 11.3 Å². The van der Waals surface area contributed by atoms with Crippen LogP contribution in [0.15, 0.2) is 24.5 Å². The second kappa shape index (κ2) is 3.73. The standard InChI is InChI=1S/C11H14N4/c1-3-15-8(2)10(7-14-15)11-6-9(12)4-5-13-11/h4-7H,3H2,1-2H3,(H2,12,13). The van der Waals surface area contributed by atoms with E-state index in [1.807, 2.05) is 23.9 Å². The predicted octanol–water partition coefficient (Wildman–Crippen LogP) is 1.86. The SMILES string of the molecule is CCn1ncc(-c2cc(N)ccn2)c1C. The van der Waals surface area contributed by atoms with E-state index >= 15 is 0 Å². The van der Waals surface area contributed by atoms with E-state index in [9.17, 15) is 0 Å². The van der Waals surface area contributed by atoms with Crippen molar-refractivity contribution >= 4 is 5.69 Å². The van der Waals surface area contributed by atoms with E-state index in [4.69, 9.17) is 5.73 Å². The first kappa shape index (κ1) is 9.71. The van der Waals surface area contributed by atoms with Crippen molar-refractivity contribution in [2.75, 3.05) is 5.73 Å². The van der Waals surface area contributed by atoms with Gasteiger partial charge < -0.3 is 5.73 Å². The Labute approximate surface area is 88.8 Å². The van der Waals surface area contributed by atoms with Crippen LogP contribution in [0.2, 0.25) is 0 Å². The molecule has 0 aliphatic carbocycles. The molecular weight excluding hydrogens is 188 g/mol. The minimum absolute atomic E-state index is 0.726. The van der Waals surface area contributed by atoms with Crippen LogP contribution in [0.5, 0.6) is 0 Å². The van der Waals surface area contributed by atoms with Gasteiger partial charge in [-0.25, -0.2) is 0 Å². The molecule has 0 fully saturated rings. The van der Waals surface area contributed by atoms with E-state index in [2.05, 4.69) is 17.0 Å². The summed E-state index contributed by atoms with van der Waals surface area (Å²) in [6.07, 6.45) is 3.55. The van der Waals surface area contributed by atoms with E-state index < -0.39 is 0 Å². The van der Waals surface area contributed by atoms with Gasteiger partial charge in [-0.1, -0.05) is 0 Å². The number of hydrogen-bond acceptors (Lipinski definition) is 3. The monoisotopic (exact) mass is 202 g/mol. The highest BCUT2D eigenvalue weighted by atomic mass is 15.3. The molecule has 0 bridgehead atoms. The number of rotatable bonds is 2. The number of aromatic nitrogens is 3. The zero-order valence-corrected chi connectivity index (χ0v) is 8.94. The number of hydrogen-bond donors (Lipinski definition) is 1. The van der Waals surface area contributed by atoms with Gasteiger partial charge in [0, 0.05) is 29.7 Å². The molecule has 15 heavy (non-hydrogen) atoms. The number of pyridine rings is 1. The Morgan fingerprint density at radius 3 is 2.87 bits per heavy atom. The largest absolute Gasteiger partial charge is 0.399 e. The van der Waals surface area contributed by atoms with Gasteiger partial charge in [0.2, 0.25) is 0 Å². The van der Waals surface area contributed by atoms with Crippen LogP contribution in [-0.2, 0) is 6.54 Å². The van der Waals surface area contributed by atoms with Crippen molar-refractivity contribution in [3.8, 4) is 11.3 Å². The molecule has 2 aromatic heterocycles. The smallest absolute Gasteiger partial charge is 0.0756 e. The lowest BCUT2D eigenvalue weighted by Crippen LogP contribution is -1.98. The molecule has 2 heterocycles. The maximum atomic E-state index is 5.72. The zero-order chi connectivity index (χ0) is 10.8. The van der Waals surface area contributed by atoms with Crippen molar-refractivity contribution < 1.29 is 0 Å². The number of anilines is 1. The zero-order valence-electron chi connectivity index (χ0n) is 8.94. The van der Waals surface area contributed by atoms with Crippen molar-refractivity contribution in [2.24, 2.45) is 0 Å². The van der Waals surface area contributed by atoms with Crippen LogP contribution < -0.4 is 5.73 Å². The van der Waals surface area contributed by atoms with Gasteiger partial charge >= 0.3 is 0 Å². The molecule has 78 valence electrons. The van der Waals surface area contributed by atoms with Crippen molar-refractivity contribution in [3.05, 3.63) is 30.2 Å². The van der Waals surface area contributed by atoms with E-state index in [0.29, 0.717) is 0 Å². The van der Waals surface area contributed by atoms with E-state index in [-0.39, 0.29) is 0 Å². The third-order valence-corrected chi connectivity index (χ3v) is 2.46. The maximum absolute atomic E-state index is 5.72. The summed E-state index contributed by atoms with van der Waals surface area (Å²) in [5.74, 6) is 0. The third kappa shape index (κ3) is 1.70. The fourth-order valence-electron chi connectivity index (χ4n) is 1.61. The van der Waals surface area contributed by atoms with E-state index in [0.717, 1.165) is 29.2 Å². The van der Waals surface area contributed by atoms with Gasteiger partial charge in [0.05, 0.1) is 11.9 Å². The lowest BCUT2D eigenvalue weighted by molar-refractivity contribution is 0.640. The van der Waals surface area contributed by atoms with Crippen LogP contribution in [-0.4, -0.2) is 14.8 Å². The number of nitrogens with two attached hydrogens (primary N) is 1. The summed E-state index contributed by atoms with van der Waals surface area (Å²) < 4.78 is 1.94. The predicted molar refractivity (Wildman–Crippen MR) is 60.3 cm³/mol. The van der Waals surface area contributed by atoms with Gasteiger partial charge in [-0.15, -0.1) is 0 Å². The minimum Gasteiger partial charge on any atom is -0.399 e. The highest BCUT2D eigenvalue weighted by Crippen LogP contribution is 2.22. The summed E-state index contributed by atoms with van der Waals surface area (Å²) in [7, 11) is 0. The van der Waals surface area contributed by atoms with Crippen LogP contribution in [0.1, 0.15) is 12.6 Å². The van der Waals surface area contributed by atoms with Gasteiger partial charge in [-0.2, -0.15) is 5.10 Å². The lowest BCUT2D eigenvalue weighted by atomic mass is 10.1. The van der Waals surface area contributed by atoms with Gasteiger partial charge in [0.25, 0.3) is 0 Å². The molecule has 0 radical (unpaired) electrons. The van der Waals surface area contributed by atoms with Crippen LogP contribution in [0.4, 0.5) is 5.69 Å². The van der Waals surface area contributed by atoms with Gasteiger partial charge in [0.1, 0.15) is 0 Å². The molecule has 2 aromatic rings. The first-order valence-corrected chi connectivity index (χ1v) is 4.96. The molecule has 0 unspecified atom stereocenters. The number of nitrogens with zero attached hydrogens (tertiary/aromatic N) is 3. The summed E-state index contributed by atoms with van der Waals surface area (Å²) >= 11 is 0. The van der Waals surface area contributed by atoms with Crippen molar-refractivity contribution in [1.82, 2.24) is 14.8 Å². The van der Waals surface area contributed by atoms with E-state index in [1.54, 1.807) is 12.3 Å². The van der Waals surface area contributed by atoms with Gasteiger partial charge in [0.15, 0.2) is 0 Å². The Morgan fingerprint density at radius 1 is 1.47 bits per heavy atom. The van der Waals surface area contributed by atoms with Crippen LogP contribution >= 0.6 is 0 Å². The van der Waals surface area contributed by atoms with Crippen LogP contribution in [0, 0.1) is 6.92 Å². The fourth-order valence-corrected chi connectivity index (χ4v) is 1.61. The molecule has 4 nitrogen and oxygen atoms in total. The molecule has 4 heteroatoms. The summed E-state index contributed by atoms with van der Waals surface area (Å²) in [5.41, 5.74) is 9.49. The molecule has 0 spiro atoms. The molecule has 2 rings (SSSR count). The quantitative estimate of drug-likeness (QED) is 0.808. The normalized spacial score (nSPS) is 10.5. The average molecular weight is 202 g/mol. The molecule has 0 atom stereocenters. The molecule has 2 N–H and O–H groups in total. The first-order chi connectivity index (χ1) is 7.22. The van der Waals surface area contributed by atoms with Crippen LogP contribution in [0.3, 0.4) is 0 Å². The second-order valence-corrected chi connectivity index (χ2v) is 3.43. The Morgan fingerprint density at radius 2 is 2.27 bits per heavy atom. The number of nitrogen functional groups attached to an aromatic ring is 1. The first-order valence-electron chi connectivity index (χ1n) is 4.96. The molecular formula is C11H14N4. The molecule has 0 saturated heterocycles. The Balaban J connectivity index is 2.49. The van der Waals surface area contributed by atoms with Crippen molar-refractivity contribution in [1.29, 1.82) is 0 Å². The molecule has 0 aromatic carbocycles. The number of aryl methyl sites for hydroxylation is 1. The molecule has 0 saturated carbocycles. The average Bonchev–Trinajstić information content (AvgIpc) is 2.59. The van der Waals surface area contributed by atoms with Crippen molar-refractivity contribution in [3.63, 3.8) is 0 Å². The van der Waals surface area contributed by atoms with Crippen molar-refractivity contribution in [2.45, 2.75) is 20.4 Å². The summed E-state index contributed by atoms with van der Waals surface area (Å²) in [6, 6.07) is 3.65. The highest BCUT2D eigenvalue weighted by molar-refractivity contribution is 5.64. The lowest BCUT2D eigenvalue weighted by Gasteiger charge is -2.02. The molecule has 0 amide bonds. The molecule has 0 aliphatic rings. The van der Waals surface area contributed by atoms with E-state index in [1.165, 1.54) is 0 Å². The minimum atomic E-state index is 0.726. The molecule has 0 aliphatic heterocycles. The topological polar surface area (TPSA) is 56.7 Å². The maximum Gasteiger partial charge on any atom is 0.0756 e. The summed E-state index contributed by atoms with van der Waals surface area (Å²) in [6.45, 7) is 4.97. The Hall–Kier alpha value is -1.84. The Kier molecular flexibility index (Phi) is 2.41. The van der Waals surface area contributed by atoms with Gasteiger partial charge in [-0.05, 0) is 26.0 Å². The Bertz CT molecular complexity index is 473. The van der Waals surface area contributed by atoms with Gasteiger partial charge in [-0.3, -0.25) is 9.67 Å². The second-order valence-electron chi connectivity index (χ2n) is 3.43. The third-order valence-electron chi connectivity index (χ3n) is 2.46.